The quantitative estimate of drug-likeness (QED) is 0.746. The van der Waals surface area contributed by atoms with E-state index >= 15 is 0 Å². The third-order valence-electron chi connectivity index (χ3n) is 4.53. The van der Waals surface area contributed by atoms with Gasteiger partial charge in [-0.15, -0.1) is 0 Å². The molecule has 1 aromatic carbocycles. The Kier molecular flexibility index (Phi) is 6.07. The van der Waals surface area contributed by atoms with Crippen molar-refractivity contribution < 1.29 is 4.74 Å². The second kappa shape index (κ2) is 8.05. The van der Waals surface area contributed by atoms with E-state index in [1.165, 1.54) is 25.8 Å². The van der Waals surface area contributed by atoms with Crippen LogP contribution in [0.15, 0.2) is 24.3 Å². The van der Waals surface area contributed by atoms with Crippen molar-refractivity contribution in [2.75, 3.05) is 19.7 Å². The van der Waals surface area contributed by atoms with E-state index in [-0.39, 0.29) is 0 Å². The van der Waals surface area contributed by atoms with Crippen LogP contribution in [0.2, 0.25) is 0 Å². The minimum absolute atomic E-state index is 0.676. The zero-order valence-corrected chi connectivity index (χ0v) is 13.2. The molecule has 2 rings (SSSR count). The summed E-state index contributed by atoms with van der Waals surface area (Å²) in [6.45, 7) is 7.74. The van der Waals surface area contributed by atoms with Gasteiger partial charge in [-0.1, -0.05) is 13.3 Å². The molecule has 0 amide bonds. The van der Waals surface area contributed by atoms with Gasteiger partial charge >= 0.3 is 0 Å². The van der Waals surface area contributed by atoms with Crippen LogP contribution in [0.5, 0.6) is 5.75 Å². The summed E-state index contributed by atoms with van der Waals surface area (Å²) in [5.74, 6) is 1.73. The molecule has 3 nitrogen and oxygen atoms in total. The Hall–Kier alpha value is -1.53. The van der Waals surface area contributed by atoms with E-state index in [1.54, 1.807) is 12.1 Å². The van der Waals surface area contributed by atoms with E-state index in [2.05, 4.69) is 24.8 Å². The molecule has 1 aromatic rings. The molecule has 1 fully saturated rings. The molecular weight excluding hydrogens is 260 g/mol. The smallest absolute Gasteiger partial charge is 0.119 e. The summed E-state index contributed by atoms with van der Waals surface area (Å²) in [5.41, 5.74) is 0.676. The van der Waals surface area contributed by atoms with Crippen molar-refractivity contribution in [1.82, 2.24) is 4.90 Å². The van der Waals surface area contributed by atoms with Gasteiger partial charge in [0.2, 0.25) is 0 Å². The molecular formula is C18H26N2O. The predicted molar refractivity (Wildman–Crippen MR) is 85.3 cm³/mol. The number of likely N-dealkylation sites (tertiary alicyclic amines) is 1. The summed E-state index contributed by atoms with van der Waals surface area (Å²) >= 11 is 0. The second-order valence-electron chi connectivity index (χ2n) is 6.03. The first-order valence-electron chi connectivity index (χ1n) is 8.10. The van der Waals surface area contributed by atoms with Crippen LogP contribution in [0.25, 0.3) is 0 Å². The third-order valence-corrected chi connectivity index (χ3v) is 4.53. The minimum atomic E-state index is 0.676. The number of ether oxygens (including phenoxy) is 1. The molecule has 1 aliphatic rings. The van der Waals surface area contributed by atoms with Crippen LogP contribution in [0.3, 0.4) is 0 Å². The highest BCUT2D eigenvalue weighted by Gasteiger charge is 2.23. The van der Waals surface area contributed by atoms with E-state index in [9.17, 15) is 0 Å². The standard InChI is InChI=1S/C18H26N2O/c1-3-16-6-5-15(2)20(14-16)11-4-12-21-18-9-7-17(13-19)8-10-18/h7-10,15-16H,3-6,11-12,14H2,1-2H3. The number of nitriles is 1. The van der Waals surface area contributed by atoms with Crippen molar-refractivity contribution in [2.24, 2.45) is 5.92 Å². The Labute approximate surface area is 128 Å². The molecule has 1 aliphatic heterocycles. The summed E-state index contributed by atoms with van der Waals surface area (Å²) in [4.78, 5) is 2.61. The fraction of sp³-hybridized carbons (Fsp3) is 0.611. The van der Waals surface area contributed by atoms with Crippen LogP contribution < -0.4 is 4.74 Å². The molecule has 1 saturated heterocycles. The average Bonchev–Trinajstić information content (AvgIpc) is 2.53. The van der Waals surface area contributed by atoms with E-state index < -0.39 is 0 Å². The molecule has 1 heterocycles. The van der Waals surface area contributed by atoms with Crippen molar-refractivity contribution in [1.29, 1.82) is 5.26 Å². The van der Waals surface area contributed by atoms with Gasteiger partial charge in [0.1, 0.15) is 5.75 Å². The first kappa shape index (κ1) is 15.9. The lowest BCUT2D eigenvalue weighted by Crippen LogP contribution is -2.42. The number of hydrogen-bond donors (Lipinski definition) is 0. The van der Waals surface area contributed by atoms with Crippen molar-refractivity contribution in [3.05, 3.63) is 29.8 Å². The van der Waals surface area contributed by atoms with Crippen LogP contribution in [0, 0.1) is 17.2 Å². The van der Waals surface area contributed by atoms with E-state index in [0.29, 0.717) is 11.6 Å². The number of nitrogens with zero attached hydrogens (tertiary/aromatic N) is 2. The monoisotopic (exact) mass is 286 g/mol. The molecule has 21 heavy (non-hydrogen) atoms. The fourth-order valence-electron chi connectivity index (χ4n) is 2.99. The lowest BCUT2D eigenvalue weighted by atomic mass is 9.91. The van der Waals surface area contributed by atoms with Gasteiger partial charge in [-0.2, -0.15) is 5.26 Å². The Morgan fingerprint density at radius 1 is 1.29 bits per heavy atom. The van der Waals surface area contributed by atoms with Crippen LogP contribution in [-0.2, 0) is 0 Å². The average molecular weight is 286 g/mol. The first-order valence-corrected chi connectivity index (χ1v) is 8.10. The molecule has 0 saturated carbocycles. The Morgan fingerprint density at radius 3 is 2.71 bits per heavy atom. The van der Waals surface area contributed by atoms with E-state index in [4.69, 9.17) is 10.00 Å². The Bertz CT molecular complexity index is 463. The molecule has 0 aromatic heterocycles. The highest BCUT2D eigenvalue weighted by Crippen LogP contribution is 2.24. The number of benzene rings is 1. The zero-order chi connectivity index (χ0) is 15.1. The van der Waals surface area contributed by atoms with E-state index in [1.807, 2.05) is 12.1 Å². The molecule has 2 unspecified atom stereocenters. The maximum atomic E-state index is 8.76. The molecule has 0 aliphatic carbocycles. The molecule has 0 bridgehead atoms. The number of hydrogen-bond acceptors (Lipinski definition) is 3. The van der Waals surface area contributed by atoms with Crippen LogP contribution in [-0.4, -0.2) is 30.6 Å². The van der Waals surface area contributed by atoms with Crippen molar-refractivity contribution in [2.45, 2.75) is 45.6 Å². The van der Waals surface area contributed by atoms with Crippen molar-refractivity contribution >= 4 is 0 Å². The van der Waals surface area contributed by atoms with Gasteiger partial charge < -0.3 is 9.64 Å². The normalized spacial score (nSPS) is 22.7. The highest BCUT2D eigenvalue weighted by molar-refractivity contribution is 5.34. The van der Waals surface area contributed by atoms with Crippen LogP contribution >= 0.6 is 0 Å². The summed E-state index contributed by atoms with van der Waals surface area (Å²) in [6, 6.07) is 10.2. The Morgan fingerprint density at radius 2 is 2.05 bits per heavy atom. The van der Waals surface area contributed by atoms with Crippen molar-refractivity contribution in [3.8, 4) is 11.8 Å². The largest absolute Gasteiger partial charge is 0.494 e. The van der Waals surface area contributed by atoms with Crippen LogP contribution in [0.4, 0.5) is 0 Å². The molecule has 3 heteroatoms. The third kappa shape index (κ3) is 4.75. The summed E-state index contributed by atoms with van der Waals surface area (Å²) in [7, 11) is 0. The number of piperidine rings is 1. The summed E-state index contributed by atoms with van der Waals surface area (Å²) in [6.07, 6.45) is 5.07. The van der Waals surface area contributed by atoms with Gasteiger partial charge in [0.25, 0.3) is 0 Å². The molecule has 114 valence electrons. The lowest BCUT2D eigenvalue weighted by molar-refractivity contribution is 0.108. The van der Waals surface area contributed by atoms with Gasteiger partial charge in [0.15, 0.2) is 0 Å². The maximum absolute atomic E-state index is 8.76. The first-order chi connectivity index (χ1) is 10.2. The SMILES string of the molecule is CCC1CCC(C)N(CCCOc2ccc(C#N)cc2)C1. The zero-order valence-electron chi connectivity index (χ0n) is 13.2. The summed E-state index contributed by atoms with van der Waals surface area (Å²) < 4.78 is 5.75. The molecule has 2 atom stereocenters. The molecule has 0 N–H and O–H groups in total. The minimum Gasteiger partial charge on any atom is -0.494 e. The van der Waals surface area contributed by atoms with Crippen molar-refractivity contribution in [3.63, 3.8) is 0 Å². The van der Waals surface area contributed by atoms with E-state index in [0.717, 1.165) is 31.2 Å². The number of rotatable bonds is 6. The Balaban J connectivity index is 1.70. The summed E-state index contributed by atoms with van der Waals surface area (Å²) in [5, 5.41) is 8.76. The molecule has 0 radical (unpaired) electrons. The topological polar surface area (TPSA) is 36.3 Å². The predicted octanol–water partition coefficient (Wildman–Crippen LogP) is 3.84. The fourth-order valence-corrected chi connectivity index (χ4v) is 2.99. The highest BCUT2D eigenvalue weighted by atomic mass is 16.5. The van der Waals surface area contributed by atoms with Gasteiger partial charge in [0.05, 0.1) is 18.2 Å². The second-order valence-corrected chi connectivity index (χ2v) is 6.03. The molecule has 0 spiro atoms. The van der Waals surface area contributed by atoms with Gasteiger partial charge in [-0.25, -0.2) is 0 Å². The van der Waals surface area contributed by atoms with Crippen LogP contribution in [0.1, 0.15) is 45.1 Å². The van der Waals surface area contributed by atoms with Gasteiger partial charge in [0, 0.05) is 19.1 Å². The van der Waals surface area contributed by atoms with Gasteiger partial charge in [-0.3, -0.25) is 0 Å². The maximum Gasteiger partial charge on any atom is 0.119 e. The lowest BCUT2D eigenvalue weighted by Gasteiger charge is -2.37. The van der Waals surface area contributed by atoms with Gasteiger partial charge in [-0.05, 0) is 56.4 Å².